The number of aliphatic imine (C=N–C) groups is 1. The van der Waals surface area contributed by atoms with Crippen molar-refractivity contribution in [2.75, 3.05) is 20.7 Å². The average Bonchev–Trinajstić information content (AvgIpc) is 2.62. The maximum atomic E-state index is 5.36. The zero-order valence-electron chi connectivity index (χ0n) is 13.9. The summed E-state index contributed by atoms with van der Waals surface area (Å²) in [4.78, 5) is 4.26. The van der Waals surface area contributed by atoms with E-state index in [0.29, 0.717) is 6.54 Å². The Hall–Kier alpha value is -2.49. The Balaban J connectivity index is 1.73. The fourth-order valence-electron chi connectivity index (χ4n) is 2.39. The molecule has 2 aromatic rings. The second kappa shape index (κ2) is 9.51. The molecule has 0 aromatic heterocycles. The van der Waals surface area contributed by atoms with Crippen molar-refractivity contribution in [1.82, 2.24) is 10.6 Å². The van der Waals surface area contributed by atoms with Crippen molar-refractivity contribution in [3.63, 3.8) is 0 Å². The number of para-hydroxylation sites is 1. The zero-order valence-corrected chi connectivity index (χ0v) is 13.9. The molecule has 2 N–H and O–H groups in total. The van der Waals surface area contributed by atoms with E-state index >= 15 is 0 Å². The Morgan fingerprint density at radius 3 is 2.48 bits per heavy atom. The Morgan fingerprint density at radius 1 is 1.00 bits per heavy atom. The molecular weight excluding hydrogens is 286 g/mol. The number of rotatable bonds is 7. The van der Waals surface area contributed by atoms with E-state index in [1.54, 1.807) is 14.2 Å². The van der Waals surface area contributed by atoms with Gasteiger partial charge in [0.15, 0.2) is 5.96 Å². The van der Waals surface area contributed by atoms with Crippen molar-refractivity contribution in [1.29, 1.82) is 0 Å². The molecule has 0 saturated carbocycles. The molecular formula is C19H25N3O. The first kappa shape index (κ1) is 16.9. The number of benzene rings is 2. The van der Waals surface area contributed by atoms with Gasteiger partial charge in [0.25, 0.3) is 0 Å². The van der Waals surface area contributed by atoms with Gasteiger partial charge in [0, 0.05) is 25.7 Å². The van der Waals surface area contributed by atoms with E-state index < -0.39 is 0 Å². The molecule has 0 heterocycles. The van der Waals surface area contributed by atoms with E-state index in [1.807, 2.05) is 24.3 Å². The van der Waals surface area contributed by atoms with Crippen LogP contribution in [0.2, 0.25) is 0 Å². The van der Waals surface area contributed by atoms with Crippen LogP contribution in [-0.2, 0) is 13.0 Å². The SMILES string of the molecule is CN=C(NCCCc1ccccc1)NCc1ccccc1OC. The first-order chi connectivity index (χ1) is 11.3. The summed E-state index contributed by atoms with van der Waals surface area (Å²) in [5.74, 6) is 1.70. The number of hydrogen-bond acceptors (Lipinski definition) is 2. The fraction of sp³-hybridized carbons (Fsp3) is 0.316. The Labute approximate surface area is 138 Å². The lowest BCUT2D eigenvalue weighted by molar-refractivity contribution is 0.409. The van der Waals surface area contributed by atoms with Gasteiger partial charge in [-0.05, 0) is 24.5 Å². The maximum Gasteiger partial charge on any atom is 0.191 e. The quantitative estimate of drug-likeness (QED) is 0.469. The largest absolute Gasteiger partial charge is 0.496 e. The fourth-order valence-corrected chi connectivity index (χ4v) is 2.39. The second-order valence-electron chi connectivity index (χ2n) is 5.25. The highest BCUT2D eigenvalue weighted by atomic mass is 16.5. The lowest BCUT2D eigenvalue weighted by Gasteiger charge is -2.13. The summed E-state index contributed by atoms with van der Waals surface area (Å²) in [6, 6.07) is 18.5. The van der Waals surface area contributed by atoms with Crippen molar-refractivity contribution in [2.45, 2.75) is 19.4 Å². The van der Waals surface area contributed by atoms with Gasteiger partial charge in [-0.1, -0.05) is 48.5 Å². The van der Waals surface area contributed by atoms with Crippen LogP contribution in [-0.4, -0.2) is 26.7 Å². The molecule has 0 fully saturated rings. The molecule has 23 heavy (non-hydrogen) atoms. The molecule has 0 radical (unpaired) electrons. The number of nitrogens with zero attached hydrogens (tertiary/aromatic N) is 1. The Bertz CT molecular complexity index is 611. The Morgan fingerprint density at radius 2 is 1.74 bits per heavy atom. The summed E-state index contributed by atoms with van der Waals surface area (Å²) in [5, 5.41) is 6.66. The number of guanidine groups is 1. The van der Waals surface area contributed by atoms with Crippen LogP contribution >= 0.6 is 0 Å². The molecule has 0 aliphatic heterocycles. The molecule has 0 bridgehead atoms. The predicted molar refractivity (Wildman–Crippen MR) is 96.0 cm³/mol. The molecule has 2 aromatic carbocycles. The summed E-state index contributed by atoms with van der Waals surface area (Å²) >= 11 is 0. The van der Waals surface area contributed by atoms with Crippen LogP contribution in [0.4, 0.5) is 0 Å². The van der Waals surface area contributed by atoms with Gasteiger partial charge >= 0.3 is 0 Å². The highest BCUT2D eigenvalue weighted by Crippen LogP contribution is 2.16. The third kappa shape index (κ3) is 5.66. The minimum atomic E-state index is 0.683. The smallest absolute Gasteiger partial charge is 0.191 e. The van der Waals surface area contributed by atoms with Gasteiger partial charge in [-0.25, -0.2) is 0 Å². The van der Waals surface area contributed by atoms with Gasteiger partial charge in [-0.3, -0.25) is 4.99 Å². The van der Waals surface area contributed by atoms with Crippen LogP contribution in [0, 0.1) is 0 Å². The van der Waals surface area contributed by atoms with Crippen LogP contribution in [0.3, 0.4) is 0 Å². The number of aryl methyl sites for hydroxylation is 1. The molecule has 0 aliphatic carbocycles. The summed E-state index contributed by atoms with van der Waals surface area (Å²) in [5.41, 5.74) is 2.48. The third-order valence-electron chi connectivity index (χ3n) is 3.64. The molecule has 0 unspecified atom stereocenters. The van der Waals surface area contributed by atoms with Crippen LogP contribution in [0.15, 0.2) is 59.6 Å². The molecule has 0 saturated heterocycles. The molecule has 4 nitrogen and oxygen atoms in total. The van der Waals surface area contributed by atoms with Crippen molar-refractivity contribution in [3.8, 4) is 5.75 Å². The second-order valence-corrected chi connectivity index (χ2v) is 5.25. The monoisotopic (exact) mass is 311 g/mol. The molecule has 0 amide bonds. The maximum absolute atomic E-state index is 5.36. The molecule has 2 rings (SSSR count). The van der Waals surface area contributed by atoms with Crippen LogP contribution in [0.1, 0.15) is 17.5 Å². The van der Waals surface area contributed by atoms with E-state index in [1.165, 1.54) is 5.56 Å². The van der Waals surface area contributed by atoms with Crippen molar-refractivity contribution in [2.24, 2.45) is 4.99 Å². The highest BCUT2D eigenvalue weighted by Gasteiger charge is 2.03. The van der Waals surface area contributed by atoms with Crippen molar-refractivity contribution >= 4 is 5.96 Å². The van der Waals surface area contributed by atoms with Crippen LogP contribution in [0.5, 0.6) is 5.75 Å². The number of methoxy groups -OCH3 is 1. The molecule has 4 heteroatoms. The molecule has 0 atom stereocenters. The summed E-state index contributed by atoms with van der Waals surface area (Å²) < 4.78 is 5.36. The normalized spacial score (nSPS) is 11.1. The van der Waals surface area contributed by atoms with Crippen LogP contribution in [0.25, 0.3) is 0 Å². The van der Waals surface area contributed by atoms with Gasteiger partial charge in [0.1, 0.15) is 5.75 Å². The van der Waals surface area contributed by atoms with Gasteiger partial charge < -0.3 is 15.4 Å². The molecule has 0 spiro atoms. The van der Waals surface area contributed by atoms with Gasteiger partial charge in [-0.2, -0.15) is 0 Å². The molecule has 122 valence electrons. The van der Waals surface area contributed by atoms with Crippen molar-refractivity contribution in [3.05, 3.63) is 65.7 Å². The van der Waals surface area contributed by atoms with E-state index in [-0.39, 0.29) is 0 Å². The first-order valence-electron chi connectivity index (χ1n) is 7.94. The summed E-state index contributed by atoms with van der Waals surface area (Å²) in [6.45, 7) is 1.57. The first-order valence-corrected chi connectivity index (χ1v) is 7.94. The van der Waals surface area contributed by atoms with E-state index in [0.717, 1.165) is 36.7 Å². The number of hydrogen-bond donors (Lipinski definition) is 2. The number of ether oxygens (including phenoxy) is 1. The third-order valence-corrected chi connectivity index (χ3v) is 3.64. The predicted octanol–water partition coefficient (Wildman–Crippen LogP) is 2.99. The topological polar surface area (TPSA) is 45.7 Å². The van der Waals surface area contributed by atoms with E-state index in [9.17, 15) is 0 Å². The van der Waals surface area contributed by atoms with Gasteiger partial charge in [-0.15, -0.1) is 0 Å². The standard InChI is InChI=1S/C19H25N3O/c1-20-19(21-14-8-11-16-9-4-3-5-10-16)22-15-17-12-6-7-13-18(17)23-2/h3-7,9-10,12-13H,8,11,14-15H2,1-2H3,(H2,20,21,22). The minimum Gasteiger partial charge on any atom is -0.496 e. The zero-order chi connectivity index (χ0) is 16.3. The average molecular weight is 311 g/mol. The Kier molecular flexibility index (Phi) is 6.98. The highest BCUT2D eigenvalue weighted by molar-refractivity contribution is 5.79. The number of nitrogens with one attached hydrogen (secondary N) is 2. The van der Waals surface area contributed by atoms with Crippen LogP contribution < -0.4 is 15.4 Å². The van der Waals surface area contributed by atoms with E-state index in [4.69, 9.17) is 4.74 Å². The van der Waals surface area contributed by atoms with E-state index in [2.05, 4.69) is 46.0 Å². The van der Waals surface area contributed by atoms with Gasteiger partial charge in [0.2, 0.25) is 0 Å². The minimum absolute atomic E-state index is 0.683. The summed E-state index contributed by atoms with van der Waals surface area (Å²) in [7, 11) is 3.48. The lowest BCUT2D eigenvalue weighted by atomic mass is 10.1. The summed E-state index contributed by atoms with van der Waals surface area (Å²) in [6.07, 6.45) is 2.14. The van der Waals surface area contributed by atoms with Gasteiger partial charge in [0.05, 0.1) is 7.11 Å². The molecule has 0 aliphatic rings. The lowest BCUT2D eigenvalue weighted by Crippen LogP contribution is -2.37. The van der Waals surface area contributed by atoms with Crippen molar-refractivity contribution < 1.29 is 4.74 Å².